The topological polar surface area (TPSA) is 78.4 Å². The maximum atomic E-state index is 11.6. The third-order valence-corrected chi connectivity index (χ3v) is 3.34. The summed E-state index contributed by atoms with van der Waals surface area (Å²) in [6.45, 7) is 0.349. The van der Waals surface area contributed by atoms with E-state index in [0.29, 0.717) is 12.6 Å². The minimum atomic E-state index is -0.869. The monoisotopic (exact) mass is 262 g/mol. The van der Waals surface area contributed by atoms with Gasteiger partial charge in [0.1, 0.15) is 0 Å². The van der Waals surface area contributed by atoms with Crippen molar-refractivity contribution < 1.29 is 14.7 Å². The molecule has 1 aromatic carbocycles. The molecule has 0 atom stereocenters. The fourth-order valence-electron chi connectivity index (χ4n) is 2.03. The summed E-state index contributed by atoms with van der Waals surface area (Å²) in [5.41, 5.74) is 1.58. The van der Waals surface area contributed by atoms with Gasteiger partial charge in [0.25, 0.3) is 0 Å². The number of aliphatic carboxylic acids is 1. The molecule has 1 aromatic rings. The summed E-state index contributed by atoms with van der Waals surface area (Å²) in [6.07, 6.45) is 3.24. The van der Waals surface area contributed by atoms with Gasteiger partial charge in [0.05, 0.1) is 6.42 Å². The van der Waals surface area contributed by atoms with Crippen LogP contribution in [-0.4, -0.2) is 23.1 Å². The molecule has 19 heavy (non-hydrogen) atoms. The third-order valence-electron chi connectivity index (χ3n) is 3.34. The fraction of sp³-hybridized carbons (Fsp3) is 0.429. The van der Waals surface area contributed by atoms with E-state index in [0.717, 1.165) is 24.0 Å². The average molecular weight is 262 g/mol. The second-order valence-corrected chi connectivity index (χ2v) is 4.79. The Kier molecular flexibility index (Phi) is 4.39. The number of carbonyl (C=O) groups is 2. The summed E-state index contributed by atoms with van der Waals surface area (Å²) in [6, 6.07) is 7.36. The molecule has 0 heterocycles. The number of hydrogen-bond donors (Lipinski definition) is 3. The molecule has 0 unspecified atom stereocenters. The van der Waals surface area contributed by atoms with Crippen LogP contribution in [0.25, 0.3) is 0 Å². The lowest BCUT2D eigenvalue weighted by atomic mass is 9.93. The Morgan fingerprint density at radius 1 is 1.21 bits per heavy atom. The Hall–Kier alpha value is -2.04. The van der Waals surface area contributed by atoms with Gasteiger partial charge in [-0.25, -0.2) is 4.79 Å². The van der Waals surface area contributed by atoms with Crippen molar-refractivity contribution in [3.63, 3.8) is 0 Å². The van der Waals surface area contributed by atoms with Crippen molar-refractivity contribution in [2.45, 2.75) is 38.3 Å². The second kappa shape index (κ2) is 6.22. The van der Waals surface area contributed by atoms with Gasteiger partial charge in [-0.2, -0.15) is 0 Å². The molecule has 0 aliphatic heterocycles. The van der Waals surface area contributed by atoms with E-state index < -0.39 is 5.97 Å². The lowest BCUT2D eigenvalue weighted by molar-refractivity contribution is -0.136. The average Bonchev–Trinajstić information content (AvgIpc) is 2.32. The number of urea groups is 1. The molecule has 5 nitrogen and oxygen atoms in total. The van der Waals surface area contributed by atoms with Crippen LogP contribution in [0.4, 0.5) is 4.79 Å². The van der Waals surface area contributed by atoms with Crippen LogP contribution in [0.3, 0.4) is 0 Å². The van der Waals surface area contributed by atoms with Crippen LogP contribution in [0.1, 0.15) is 30.4 Å². The van der Waals surface area contributed by atoms with Crippen LogP contribution in [0.15, 0.2) is 24.3 Å². The highest BCUT2D eigenvalue weighted by atomic mass is 16.4. The molecule has 5 heteroatoms. The van der Waals surface area contributed by atoms with Crippen molar-refractivity contribution in [3.8, 4) is 0 Å². The number of carbonyl (C=O) groups excluding carboxylic acids is 1. The van der Waals surface area contributed by atoms with Gasteiger partial charge in [0, 0.05) is 12.6 Å². The van der Waals surface area contributed by atoms with Gasteiger partial charge in [0.2, 0.25) is 0 Å². The number of amides is 2. The zero-order valence-corrected chi connectivity index (χ0v) is 10.7. The molecule has 102 valence electrons. The quantitative estimate of drug-likeness (QED) is 0.755. The summed E-state index contributed by atoms with van der Waals surface area (Å²) in [5, 5.41) is 14.5. The first-order valence-electron chi connectivity index (χ1n) is 6.48. The number of carboxylic acid groups (broad SMARTS) is 1. The predicted octanol–water partition coefficient (Wildman–Crippen LogP) is 1.67. The van der Waals surface area contributed by atoms with Crippen molar-refractivity contribution in [1.82, 2.24) is 10.6 Å². The summed E-state index contributed by atoms with van der Waals surface area (Å²) in [7, 11) is 0. The standard InChI is InChI=1S/C14H18N2O3/c17-13(18)8-10-4-1-2-5-11(10)9-15-14(19)16-12-6-3-7-12/h1-2,4-5,12H,3,6-9H2,(H,17,18)(H2,15,16,19). The first-order valence-corrected chi connectivity index (χ1v) is 6.48. The van der Waals surface area contributed by atoms with E-state index in [4.69, 9.17) is 5.11 Å². The van der Waals surface area contributed by atoms with Crippen LogP contribution in [0.2, 0.25) is 0 Å². The SMILES string of the molecule is O=C(O)Cc1ccccc1CNC(=O)NC1CCC1. The number of nitrogens with one attached hydrogen (secondary N) is 2. The zero-order valence-electron chi connectivity index (χ0n) is 10.7. The Balaban J connectivity index is 1.87. The predicted molar refractivity (Wildman–Crippen MR) is 70.8 cm³/mol. The zero-order chi connectivity index (χ0) is 13.7. The lowest BCUT2D eigenvalue weighted by Gasteiger charge is -2.26. The van der Waals surface area contributed by atoms with Crippen molar-refractivity contribution in [2.24, 2.45) is 0 Å². The molecule has 1 aliphatic carbocycles. The molecule has 2 rings (SSSR count). The van der Waals surface area contributed by atoms with Crippen LogP contribution >= 0.6 is 0 Å². The van der Waals surface area contributed by atoms with Crippen molar-refractivity contribution in [3.05, 3.63) is 35.4 Å². The first kappa shape index (κ1) is 13.4. The molecule has 0 aromatic heterocycles. The van der Waals surface area contributed by atoms with Gasteiger partial charge in [-0.3, -0.25) is 4.79 Å². The number of carboxylic acids is 1. The molecule has 3 N–H and O–H groups in total. The van der Waals surface area contributed by atoms with Crippen LogP contribution in [0, 0.1) is 0 Å². The van der Waals surface area contributed by atoms with Gasteiger partial charge < -0.3 is 15.7 Å². The Bertz CT molecular complexity index is 470. The molecule has 1 aliphatic rings. The van der Waals surface area contributed by atoms with Crippen LogP contribution in [-0.2, 0) is 17.8 Å². The van der Waals surface area contributed by atoms with Gasteiger partial charge in [-0.15, -0.1) is 0 Å². The largest absolute Gasteiger partial charge is 0.481 e. The summed E-state index contributed by atoms with van der Waals surface area (Å²) >= 11 is 0. The van der Waals surface area contributed by atoms with E-state index in [9.17, 15) is 9.59 Å². The van der Waals surface area contributed by atoms with E-state index in [1.54, 1.807) is 12.1 Å². The first-order chi connectivity index (χ1) is 9.15. The molecule has 0 radical (unpaired) electrons. The normalized spacial score (nSPS) is 14.5. The van der Waals surface area contributed by atoms with E-state index >= 15 is 0 Å². The number of hydrogen-bond acceptors (Lipinski definition) is 2. The Labute approximate surface area is 112 Å². The van der Waals surface area contributed by atoms with Gasteiger partial charge >= 0.3 is 12.0 Å². The number of benzene rings is 1. The molecular formula is C14H18N2O3. The van der Waals surface area contributed by atoms with Gasteiger partial charge in [-0.05, 0) is 30.4 Å². The van der Waals surface area contributed by atoms with E-state index in [1.807, 2.05) is 12.1 Å². The van der Waals surface area contributed by atoms with E-state index in [2.05, 4.69) is 10.6 Å². The van der Waals surface area contributed by atoms with Crippen LogP contribution in [0.5, 0.6) is 0 Å². The van der Waals surface area contributed by atoms with Crippen LogP contribution < -0.4 is 10.6 Å². The van der Waals surface area contributed by atoms with Crippen molar-refractivity contribution in [1.29, 1.82) is 0 Å². The van der Waals surface area contributed by atoms with Crippen molar-refractivity contribution >= 4 is 12.0 Å². The smallest absolute Gasteiger partial charge is 0.315 e. The van der Waals surface area contributed by atoms with E-state index in [-0.39, 0.29) is 12.5 Å². The second-order valence-electron chi connectivity index (χ2n) is 4.79. The van der Waals surface area contributed by atoms with Gasteiger partial charge in [-0.1, -0.05) is 24.3 Å². The highest BCUT2D eigenvalue weighted by molar-refractivity contribution is 5.74. The summed E-state index contributed by atoms with van der Waals surface area (Å²) in [5.74, 6) is -0.869. The Morgan fingerprint density at radius 3 is 2.47 bits per heavy atom. The third kappa shape index (κ3) is 3.98. The summed E-state index contributed by atoms with van der Waals surface area (Å²) < 4.78 is 0. The highest BCUT2D eigenvalue weighted by Gasteiger charge is 2.19. The highest BCUT2D eigenvalue weighted by Crippen LogP contribution is 2.17. The minimum absolute atomic E-state index is 0.0257. The molecule has 2 amide bonds. The maximum Gasteiger partial charge on any atom is 0.315 e. The Morgan fingerprint density at radius 2 is 1.89 bits per heavy atom. The molecule has 0 saturated heterocycles. The minimum Gasteiger partial charge on any atom is -0.481 e. The summed E-state index contributed by atoms with van der Waals surface area (Å²) in [4.78, 5) is 22.4. The molecule has 0 spiro atoms. The molecular weight excluding hydrogens is 244 g/mol. The number of rotatable bonds is 5. The molecule has 1 saturated carbocycles. The maximum absolute atomic E-state index is 11.6. The fourth-order valence-corrected chi connectivity index (χ4v) is 2.03. The van der Waals surface area contributed by atoms with E-state index in [1.165, 1.54) is 6.42 Å². The van der Waals surface area contributed by atoms with Gasteiger partial charge in [0.15, 0.2) is 0 Å². The molecule has 0 bridgehead atoms. The molecule has 1 fully saturated rings. The lowest BCUT2D eigenvalue weighted by Crippen LogP contribution is -2.44. The van der Waals surface area contributed by atoms with Crippen molar-refractivity contribution in [2.75, 3.05) is 0 Å².